The van der Waals surface area contributed by atoms with Crippen LogP contribution in [0.5, 0.6) is 5.75 Å². The number of piperidine rings is 1. The van der Waals surface area contributed by atoms with E-state index in [9.17, 15) is 14.7 Å². The van der Waals surface area contributed by atoms with Crippen LogP contribution in [0.15, 0.2) is 18.2 Å². The molecule has 7 heteroatoms. The van der Waals surface area contributed by atoms with E-state index in [-0.39, 0.29) is 17.2 Å². The molecule has 2 heterocycles. The second-order valence-corrected chi connectivity index (χ2v) is 7.33. The Balaban J connectivity index is 1.73. The van der Waals surface area contributed by atoms with Gasteiger partial charge in [-0.15, -0.1) is 0 Å². The van der Waals surface area contributed by atoms with Crippen molar-refractivity contribution in [3.8, 4) is 5.75 Å². The van der Waals surface area contributed by atoms with Crippen LogP contribution in [0.4, 0.5) is 5.69 Å². The molecule has 0 aliphatic carbocycles. The van der Waals surface area contributed by atoms with Crippen molar-refractivity contribution in [1.82, 2.24) is 9.88 Å². The molecule has 1 fully saturated rings. The number of aryl methyl sites for hydroxylation is 1. The van der Waals surface area contributed by atoms with Gasteiger partial charge in [-0.25, -0.2) is 4.79 Å². The number of hydrogen-bond donors (Lipinski definition) is 2. The third kappa shape index (κ3) is 4.03. The summed E-state index contributed by atoms with van der Waals surface area (Å²) in [5.41, 5.74) is 7.38. The first-order valence-corrected chi connectivity index (χ1v) is 9.75. The molecule has 3 N–H and O–H groups in total. The number of amides is 1. The van der Waals surface area contributed by atoms with E-state index < -0.39 is 5.97 Å². The first-order chi connectivity index (χ1) is 13.4. The molecule has 2 aromatic rings. The van der Waals surface area contributed by atoms with E-state index >= 15 is 0 Å². The molecule has 150 valence electrons. The van der Waals surface area contributed by atoms with Gasteiger partial charge in [-0.2, -0.15) is 0 Å². The minimum atomic E-state index is -1.09. The van der Waals surface area contributed by atoms with Crippen LogP contribution in [0.2, 0.25) is 0 Å². The highest BCUT2D eigenvalue weighted by molar-refractivity contribution is 6.06. The fourth-order valence-electron chi connectivity index (χ4n) is 3.76. The third-order valence-electron chi connectivity index (χ3n) is 5.31. The molecule has 0 spiro atoms. The van der Waals surface area contributed by atoms with E-state index in [1.165, 1.54) is 0 Å². The molecule has 0 radical (unpaired) electrons. The number of ether oxygens (including phenoxy) is 1. The van der Waals surface area contributed by atoms with Crippen molar-refractivity contribution in [2.75, 3.05) is 25.4 Å². The van der Waals surface area contributed by atoms with E-state index in [4.69, 9.17) is 10.5 Å². The Bertz CT molecular complexity index is 889. The summed E-state index contributed by atoms with van der Waals surface area (Å²) in [5.74, 6) is 0.0312. The molecule has 28 heavy (non-hydrogen) atoms. The summed E-state index contributed by atoms with van der Waals surface area (Å²) in [4.78, 5) is 29.9. The number of aromatic nitrogens is 1. The molecule has 1 aromatic heterocycles. The fraction of sp³-hybridized carbons (Fsp3) is 0.476. The second-order valence-electron chi connectivity index (χ2n) is 7.33. The lowest BCUT2D eigenvalue weighted by atomic mass is 9.97. The van der Waals surface area contributed by atoms with Gasteiger partial charge in [-0.05, 0) is 44.2 Å². The zero-order chi connectivity index (χ0) is 20.3. The number of carboxylic acid groups (broad SMARTS) is 1. The van der Waals surface area contributed by atoms with Crippen LogP contribution in [0, 0.1) is 12.8 Å². The summed E-state index contributed by atoms with van der Waals surface area (Å²) in [6, 6.07) is 5.42. The van der Waals surface area contributed by atoms with Crippen LogP contribution in [-0.4, -0.2) is 46.6 Å². The highest BCUT2D eigenvalue weighted by Crippen LogP contribution is 2.34. The van der Waals surface area contributed by atoms with Crippen molar-refractivity contribution in [1.29, 1.82) is 0 Å². The number of carbonyl (C=O) groups excluding carboxylic acids is 1. The lowest BCUT2D eigenvalue weighted by Gasteiger charge is -2.32. The summed E-state index contributed by atoms with van der Waals surface area (Å²) in [5, 5.41) is 9.99. The minimum absolute atomic E-state index is 0.0197. The van der Waals surface area contributed by atoms with Gasteiger partial charge in [0.05, 0.1) is 28.9 Å². The molecule has 0 saturated carbocycles. The van der Waals surface area contributed by atoms with Crippen LogP contribution in [-0.2, 0) is 4.79 Å². The summed E-state index contributed by atoms with van der Waals surface area (Å²) in [7, 11) is 0. The molecule has 3 rings (SSSR count). The molecule has 0 unspecified atom stereocenters. The number of likely N-dealkylation sites (tertiary alicyclic amines) is 1. The maximum Gasteiger partial charge on any atom is 0.339 e. The van der Waals surface area contributed by atoms with Crippen LogP contribution < -0.4 is 10.5 Å². The molecular weight excluding hydrogens is 358 g/mol. The standard InChI is InChI=1S/C21H27N3O4/c1-3-5-17(25)24-10-8-14(9-11-24)12-28-16-7-4-6-15-19(16)20(22)18(21(26)27)13(2)23-15/h4,6-7,14H,3,5,8-12H2,1-2H3,(H2,22,23)(H,26,27). The predicted molar refractivity (Wildman–Crippen MR) is 108 cm³/mol. The van der Waals surface area contributed by atoms with Crippen molar-refractivity contribution in [3.05, 3.63) is 29.5 Å². The quantitative estimate of drug-likeness (QED) is 0.791. The number of carboxylic acids is 1. The molecule has 1 aromatic carbocycles. The minimum Gasteiger partial charge on any atom is -0.493 e. The van der Waals surface area contributed by atoms with Crippen LogP contribution in [0.1, 0.15) is 48.7 Å². The van der Waals surface area contributed by atoms with Gasteiger partial charge in [0.2, 0.25) is 5.91 Å². The van der Waals surface area contributed by atoms with E-state index in [2.05, 4.69) is 4.98 Å². The molecule has 1 aliphatic heterocycles. The number of hydrogen-bond acceptors (Lipinski definition) is 5. The number of nitrogen functional groups attached to an aromatic ring is 1. The number of fused-ring (bicyclic) bond motifs is 1. The summed E-state index contributed by atoms with van der Waals surface area (Å²) < 4.78 is 6.04. The number of nitrogens with two attached hydrogens (primary N) is 1. The molecule has 1 amide bonds. The van der Waals surface area contributed by atoms with Crippen LogP contribution >= 0.6 is 0 Å². The molecule has 0 bridgehead atoms. The van der Waals surface area contributed by atoms with Gasteiger partial charge >= 0.3 is 5.97 Å². The van der Waals surface area contributed by atoms with E-state index in [0.717, 1.165) is 32.4 Å². The number of benzene rings is 1. The zero-order valence-corrected chi connectivity index (χ0v) is 16.4. The van der Waals surface area contributed by atoms with Gasteiger partial charge in [0.15, 0.2) is 0 Å². The number of aromatic carboxylic acids is 1. The summed E-state index contributed by atoms with van der Waals surface area (Å²) in [6.07, 6.45) is 3.27. The Labute approximate surface area is 164 Å². The summed E-state index contributed by atoms with van der Waals surface area (Å²) >= 11 is 0. The van der Waals surface area contributed by atoms with Crippen molar-refractivity contribution in [3.63, 3.8) is 0 Å². The molecule has 0 atom stereocenters. The van der Waals surface area contributed by atoms with Gasteiger partial charge in [-0.1, -0.05) is 13.0 Å². The average molecular weight is 385 g/mol. The first-order valence-electron chi connectivity index (χ1n) is 9.75. The predicted octanol–water partition coefficient (Wildman–Crippen LogP) is 3.24. The number of carbonyl (C=O) groups is 2. The average Bonchev–Trinajstić information content (AvgIpc) is 2.66. The Kier molecular flexibility index (Phi) is 6.02. The number of anilines is 1. The van der Waals surface area contributed by atoms with Gasteiger partial charge in [-0.3, -0.25) is 9.78 Å². The van der Waals surface area contributed by atoms with E-state index in [0.29, 0.717) is 41.3 Å². The molecule has 1 aliphatic rings. The lowest BCUT2D eigenvalue weighted by molar-refractivity contribution is -0.132. The molecule has 1 saturated heterocycles. The zero-order valence-electron chi connectivity index (χ0n) is 16.4. The molecular formula is C21H27N3O4. The SMILES string of the molecule is CCCC(=O)N1CCC(COc2cccc3nc(C)c(C(=O)O)c(N)c23)CC1. The van der Waals surface area contributed by atoms with Gasteiger partial charge in [0, 0.05) is 19.5 Å². The van der Waals surface area contributed by atoms with Crippen molar-refractivity contribution >= 4 is 28.5 Å². The highest BCUT2D eigenvalue weighted by Gasteiger charge is 2.24. The van der Waals surface area contributed by atoms with E-state index in [1.54, 1.807) is 19.1 Å². The Hall–Kier alpha value is -2.83. The molecule has 7 nitrogen and oxygen atoms in total. The Morgan fingerprint density at radius 3 is 2.68 bits per heavy atom. The van der Waals surface area contributed by atoms with Crippen molar-refractivity contribution in [2.24, 2.45) is 5.92 Å². The van der Waals surface area contributed by atoms with Crippen LogP contribution in [0.3, 0.4) is 0 Å². The van der Waals surface area contributed by atoms with Crippen LogP contribution in [0.25, 0.3) is 10.9 Å². The second kappa shape index (κ2) is 8.46. The number of rotatable bonds is 6. The van der Waals surface area contributed by atoms with Crippen molar-refractivity contribution in [2.45, 2.75) is 39.5 Å². The largest absolute Gasteiger partial charge is 0.493 e. The van der Waals surface area contributed by atoms with E-state index in [1.807, 2.05) is 17.9 Å². The topological polar surface area (TPSA) is 106 Å². The lowest BCUT2D eigenvalue weighted by Crippen LogP contribution is -2.39. The first kappa shape index (κ1) is 19.9. The number of nitrogens with zero attached hydrogens (tertiary/aromatic N) is 2. The monoisotopic (exact) mass is 385 g/mol. The van der Waals surface area contributed by atoms with Gasteiger partial charge in [0.1, 0.15) is 11.3 Å². The van der Waals surface area contributed by atoms with Crippen molar-refractivity contribution < 1.29 is 19.4 Å². The fourth-order valence-corrected chi connectivity index (χ4v) is 3.76. The third-order valence-corrected chi connectivity index (χ3v) is 5.31. The Morgan fingerprint density at radius 2 is 2.04 bits per heavy atom. The smallest absolute Gasteiger partial charge is 0.339 e. The maximum absolute atomic E-state index is 12.0. The highest BCUT2D eigenvalue weighted by atomic mass is 16.5. The maximum atomic E-state index is 12.0. The summed E-state index contributed by atoms with van der Waals surface area (Å²) in [6.45, 7) is 5.68. The van der Waals surface area contributed by atoms with Gasteiger partial charge in [0.25, 0.3) is 0 Å². The normalized spacial score (nSPS) is 15.0. The van der Waals surface area contributed by atoms with Gasteiger partial charge < -0.3 is 20.5 Å². The Morgan fingerprint density at radius 1 is 1.32 bits per heavy atom. The number of pyridine rings is 1.